The number of fused-ring (bicyclic) bond motifs is 3. The van der Waals surface area contributed by atoms with Gasteiger partial charge in [-0.15, -0.1) is 10.2 Å². The summed E-state index contributed by atoms with van der Waals surface area (Å²) in [4.78, 5) is 33.9. The monoisotopic (exact) mass is 571 g/mol. The van der Waals surface area contributed by atoms with Crippen molar-refractivity contribution in [3.05, 3.63) is 113 Å². The Kier molecular flexibility index (Phi) is 6.65. The lowest BCUT2D eigenvalue weighted by atomic mass is 9.97. The summed E-state index contributed by atoms with van der Waals surface area (Å²) >= 11 is 0. The van der Waals surface area contributed by atoms with Crippen LogP contribution in [-0.4, -0.2) is 58.4 Å². The Morgan fingerprint density at radius 3 is 2.44 bits per heavy atom. The summed E-state index contributed by atoms with van der Waals surface area (Å²) in [6, 6.07) is 24.1. The Bertz CT molecular complexity index is 1860. The van der Waals surface area contributed by atoms with Gasteiger partial charge in [0, 0.05) is 37.1 Å². The molecule has 5 aromatic rings. The summed E-state index contributed by atoms with van der Waals surface area (Å²) in [5.74, 6) is 0.330. The molecule has 10 heteroatoms. The highest BCUT2D eigenvalue weighted by Gasteiger charge is 2.50. The number of rotatable bonds is 7. The topological polar surface area (TPSA) is 130 Å². The normalized spacial score (nSPS) is 17.2. The molecule has 1 atom stereocenters. The lowest BCUT2D eigenvalue weighted by Crippen LogP contribution is -2.37. The molecule has 0 aliphatic carbocycles. The Hall–Kier alpha value is -5.38. The van der Waals surface area contributed by atoms with Crippen LogP contribution in [0.3, 0.4) is 0 Å². The number of Topliss-reactive ketones (excluding diaryl/α,β-unsaturated/α-hetero) is 1. The number of aliphatic hydroxyl groups excluding tert-OH is 1. The maximum Gasteiger partial charge on any atom is 0.262 e. The van der Waals surface area contributed by atoms with Gasteiger partial charge < -0.3 is 14.6 Å². The molecule has 1 fully saturated rings. The van der Waals surface area contributed by atoms with E-state index in [0.717, 1.165) is 52.3 Å². The van der Waals surface area contributed by atoms with Gasteiger partial charge in [-0.05, 0) is 28.3 Å². The van der Waals surface area contributed by atoms with Crippen LogP contribution in [0.4, 0.5) is 0 Å². The van der Waals surface area contributed by atoms with Gasteiger partial charge in [-0.3, -0.25) is 9.59 Å². The Morgan fingerprint density at radius 2 is 1.72 bits per heavy atom. The van der Waals surface area contributed by atoms with E-state index < -0.39 is 11.9 Å². The molecule has 1 unspecified atom stereocenters. The van der Waals surface area contributed by atoms with Crippen molar-refractivity contribution in [3.63, 3.8) is 0 Å². The number of aromatic amines is 1. The maximum atomic E-state index is 13.9. The third kappa shape index (κ3) is 4.51. The first-order chi connectivity index (χ1) is 21.0. The van der Waals surface area contributed by atoms with Crippen LogP contribution >= 0.6 is 0 Å². The summed E-state index contributed by atoms with van der Waals surface area (Å²) < 4.78 is 2.10. The zero-order chi connectivity index (χ0) is 29.5. The number of H-pyrrole nitrogens is 1. The van der Waals surface area contributed by atoms with E-state index in [0.29, 0.717) is 30.9 Å². The van der Waals surface area contributed by atoms with Crippen LogP contribution in [0.5, 0.6) is 0 Å². The zero-order valence-electron chi connectivity index (χ0n) is 23.6. The van der Waals surface area contributed by atoms with Crippen LogP contribution in [0, 0.1) is 0 Å². The number of hydrogen-bond donors (Lipinski definition) is 2. The highest BCUT2D eigenvalue weighted by atomic mass is 16.3. The first-order valence-electron chi connectivity index (χ1n) is 14.4. The molecule has 1 amide bonds. The molecule has 3 aromatic carbocycles. The molecular formula is C33H29N7O3. The highest BCUT2D eigenvalue weighted by molar-refractivity contribution is 6.30. The van der Waals surface area contributed by atoms with Crippen LogP contribution in [0.2, 0.25) is 0 Å². The molecule has 1 saturated heterocycles. The number of amides is 1. The van der Waals surface area contributed by atoms with Crippen molar-refractivity contribution in [3.8, 4) is 22.5 Å². The first kappa shape index (κ1) is 26.5. The minimum Gasteiger partial charge on any atom is -0.506 e. The fourth-order valence-electron chi connectivity index (χ4n) is 6.16. The van der Waals surface area contributed by atoms with Crippen molar-refractivity contribution in [1.82, 2.24) is 35.1 Å². The summed E-state index contributed by atoms with van der Waals surface area (Å²) in [6.07, 6.45) is 2.19. The number of carbonyl (C=O) groups is 2. The lowest BCUT2D eigenvalue weighted by Gasteiger charge is -2.29. The van der Waals surface area contributed by atoms with E-state index in [1.54, 1.807) is 29.2 Å². The van der Waals surface area contributed by atoms with E-state index in [1.807, 2.05) is 30.3 Å². The van der Waals surface area contributed by atoms with Gasteiger partial charge in [0.05, 0.1) is 11.4 Å². The predicted molar refractivity (Wildman–Crippen MR) is 160 cm³/mol. The van der Waals surface area contributed by atoms with Crippen molar-refractivity contribution in [1.29, 1.82) is 0 Å². The van der Waals surface area contributed by atoms with Crippen LogP contribution in [0.1, 0.15) is 47.7 Å². The van der Waals surface area contributed by atoms with Crippen molar-refractivity contribution in [2.24, 2.45) is 0 Å². The predicted octanol–water partition coefficient (Wildman–Crippen LogP) is 4.71. The third-order valence-electron chi connectivity index (χ3n) is 8.17. The van der Waals surface area contributed by atoms with E-state index in [1.165, 1.54) is 0 Å². The number of aromatic nitrogens is 6. The second-order valence-corrected chi connectivity index (χ2v) is 10.8. The Labute approximate surface area is 247 Å². The maximum absolute atomic E-state index is 13.9. The minimum atomic E-state index is -0.809. The van der Waals surface area contributed by atoms with Crippen molar-refractivity contribution in [2.45, 2.75) is 38.8 Å². The van der Waals surface area contributed by atoms with Gasteiger partial charge in [-0.25, -0.2) is 4.98 Å². The van der Waals surface area contributed by atoms with Gasteiger partial charge in [0.1, 0.15) is 23.2 Å². The smallest absolute Gasteiger partial charge is 0.262 e. The number of aliphatic hydroxyl groups is 1. The average Bonchev–Trinajstić information content (AvgIpc) is 3.76. The minimum absolute atomic E-state index is 0.154. The number of ketones is 1. The van der Waals surface area contributed by atoms with E-state index in [4.69, 9.17) is 4.98 Å². The molecule has 7 rings (SSSR count). The molecule has 4 heterocycles. The summed E-state index contributed by atoms with van der Waals surface area (Å²) in [7, 11) is 0. The van der Waals surface area contributed by atoms with Gasteiger partial charge in [-0.2, -0.15) is 5.21 Å². The molecule has 2 N–H and O–H groups in total. The number of nitrogens with zero attached hydrogens (tertiary/aromatic N) is 6. The molecule has 214 valence electrons. The van der Waals surface area contributed by atoms with E-state index in [9.17, 15) is 14.7 Å². The fraction of sp³-hybridized carbons (Fsp3) is 0.212. The van der Waals surface area contributed by atoms with E-state index in [2.05, 4.69) is 56.4 Å². The highest BCUT2D eigenvalue weighted by Crippen LogP contribution is 2.41. The fourth-order valence-corrected chi connectivity index (χ4v) is 6.16. The summed E-state index contributed by atoms with van der Waals surface area (Å²) in [5.41, 5.74) is 5.80. The molecule has 0 bridgehead atoms. The van der Waals surface area contributed by atoms with E-state index in [-0.39, 0.29) is 17.1 Å². The number of hydrogen-bond acceptors (Lipinski definition) is 7. The molecular weight excluding hydrogens is 542 g/mol. The molecule has 2 aliphatic rings. The van der Waals surface area contributed by atoms with E-state index >= 15 is 0 Å². The standard InChI is InChI=1S/C33H29N7O3/c1-2-8-26-34-25-17-18-39-29(31(42)27(33(39)43)30(41)22-9-4-3-5-10-22)28(25)40(26)19-20-13-15-21(16-14-20)23-11-6-7-12-24(23)32-35-37-38-36-32/h3-7,9-16,29,41H,2,8,17-19H2,1H3,(H,35,36,37,38)/b30-27+. The largest absolute Gasteiger partial charge is 0.506 e. The van der Waals surface area contributed by atoms with Gasteiger partial charge >= 0.3 is 0 Å². The van der Waals surface area contributed by atoms with Crippen LogP contribution in [-0.2, 0) is 29.0 Å². The average molecular weight is 572 g/mol. The van der Waals surface area contributed by atoms with Crippen molar-refractivity contribution >= 4 is 17.4 Å². The lowest BCUT2D eigenvalue weighted by molar-refractivity contribution is -0.127. The number of carbonyl (C=O) groups excluding carboxylic acids is 2. The Balaban J connectivity index is 1.25. The van der Waals surface area contributed by atoms with Gasteiger partial charge in [0.25, 0.3) is 5.91 Å². The van der Waals surface area contributed by atoms with Crippen LogP contribution < -0.4 is 0 Å². The van der Waals surface area contributed by atoms with Crippen molar-refractivity contribution < 1.29 is 14.7 Å². The summed E-state index contributed by atoms with van der Waals surface area (Å²) in [5, 5.41) is 25.5. The Morgan fingerprint density at radius 1 is 0.977 bits per heavy atom. The molecule has 0 saturated carbocycles. The molecule has 43 heavy (non-hydrogen) atoms. The first-order valence-corrected chi connectivity index (χ1v) is 14.4. The number of nitrogens with one attached hydrogen (secondary N) is 1. The van der Waals surface area contributed by atoms with Gasteiger partial charge in [0.15, 0.2) is 0 Å². The molecule has 10 nitrogen and oxygen atoms in total. The second kappa shape index (κ2) is 10.8. The molecule has 2 aromatic heterocycles. The second-order valence-electron chi connectivity index (χ2n) is 10.8. The zero-order valence-corrected chi connectivity index (χ0v) is 23.6. The summed E-state index contributed by atoms with van der Waals surface area (Å²) in [6.45, 7) is 2.98. The third-order valence-corrected chi connectivity index (χ3v) is 8.17. The number of benzene rings is 3. The number of aryl methyl sites for hydroxylation is 1. The molecule has 2 aliphatic heterocycles. The quantitative estimate of drug-likeness (QED) is 0.164. The molecule has 0 radical (unpaired) electrons. The number of imidazole rings is 1. The number of tetrazole rings is 1. The van der Waals surface area contributed by atoms with Crippen LogP contribution in [0.25, 0.3) is 28.3 Å². The van der Waals surface area contributed by atoms with Crippen LogP contribution in [0.15, 0.2) is 84.4 Å². The molecule has 0 spiro atoms. The van der Waals surface area contributed by atoms with Gasteiger partial charge in [-0.1, -0.05) is 85.8 Å². The van der Waals surface area contributed by atoms with Crippen molar-refractivity contribution in [2.75, 3.05) is 6.54 Å². The van der Waals surface area contributed by atoms with Gasteiger partial charge in [0.2, 0.25) is 11.6 Å². The SMILES string of the molecule is CCCc1nc2c(n1Cc1ccc(-c3ccccc3-c3nn[nH]n3)cc1)C1C(=O)/C(=C(\O)c3ccccc3)C(=O)N1CC2.